The number of nitrogens with one attached hydrogen (secondary N) is 1. The maximum atomic E-state index is 14.0. The van der Waals surface area contributed by atoms with E-state index >= 15 is 0 Å². The van der Waals surface area contributed by atoms with E-state index in [1.54, 1.807) is 10.8 Å². The number of fused-ring (bicyclic) bond motifs is 3. The lowest BCUT2D eigenvalue weighted by molar-refractivity contribution is -0.123. The van der Waals surface area contributed by atoms with E-state index in [4.69, 9.17) is 34.7 Å². The van der Waals surface area contributed by atoms with Gasteiger partial charge in [-0.05, 0) is 50.2 Å². The highest BCUT2D eigenvalue weighted by Crippen LogP contribution is 2.42. The third kappa shape index (κ3) is 7.33. The summed E-state index contributed by atoms with van der Waals surface area (Å²) in [5.41, 5.74) is 1.87. The van der Waals surface area contributed by atoms with E-state index in [9.17, 15) is 18.7 Å². The lowest BCUT2D eigenvalue weighted by Gasteiger charge is -2.60. The summed E-state index contributed by atoms with van der Waals surface area (Å²) in [5, 5.41) is 36.0. The fraction of sp³-hybridized carbons (Fsp3) is 0.533. The number of hydrogen-bond acceptors (Lipinski definition) is 10. The van der Waals surface area contributed by atoms with Gasteiger partial charge in [0.05, 0.1) is 11.5 Å². The predicted octanol–water partition coefficient (Wildman–Crippen LogP) is 2.48. The van der Waals surface area contributed by atoms with Crippen molar-refractivity contribution in [2.75, 3.05) is 43.4 Å². The zero-order valence-corrected chi connectivity index (χ0v) is 25.3. The standard InChI is InChI=1S/C27H32F2N6O2.3CH2O2/c1-33-12-26(13-33)14-34(15-26)18-4-7-20-21(8-18)24(37)35(17-2-5-19(36)6-3-17)23-22(20)11-30-25(32-23)31-16-9-27(28,29)10-16;3*2-1-3/h4,7-8,11,16-17,19,36H,2-3,5-6,9-10,12-15H2,1H3,(H,30,31,32);3*1H,(H,2,3). The van der Waals surface area contributed by atoms with Crippen LogP contribution in [-0.2, 0) is 14.4 Å². The van der Waals surface area contributed by atoms with Gasteiger partial charge >= 0.3 is 0 Å². The number of halogens is 2. The highest BCUT2D eigenvalue weighted by atomic mass is 19.3. The molecular formula is C30H38F2N6O8. The van der Waals surface area contributed by atoms with Crippen molar-refractivity contribution in [2.45, 2.75) is 62.6 Å². The second-order valence-electron chi connectivity index (χ2n) is 12.2. The molecule has 2 aliphatic carbocycles. The molecule has 16 heteroatoms. The van der Waals surface area contributed by atoms with Gasteiger partial charge in [-0.3, -0.25) is 23.7 Å². The molecule has 2 aliphatic heterocycles. The van der Waals surface area contributed by atoms with E-state index in [-0.39, 0.29) is 62.0 Å². The van der Waals surface area contributed by atoms with Crippen molar-refractivity contribution in [1.82, 2.24) is 19.4 Å². The molecule has 250 valence electrons. The molecule has 0 amide bonds. The number of carboxylic acid groups (broad SMARTS) is 3. The normalized spacial score (nSPS) is 22.7. The van der Waals surface area contributed by atoms with Crippen LogP contribution in [0, 0.1) is 5.41 Å². The van der Waals surface area contributed by atoms with Crippen molar-refractivity contribution in [3.05, 3.63) is 34.7 Å². The van der Waals surface area contributed by atoms with Gasteiger partial charge in [0, 0.05) is 73.8 Å². The summed E-state index contributed by atoms with van der Waals surface area (Å²) in [6.07, 6.45) is 3.52. The molecule has 0 radical (unpaired) electrons. The van der Waals surface area contributed by atoms with E-state index in [0.29, 0.717) is 42.1 Å². The van der Waals surface area contributed by atoms with Crippen LogP contribution in [-0.4, -0.2) is 111 Å². The Morgan fingerprint density at radius 3 is 2.04 bits per heavy atom. The van der Waals surface area contributed by atoms with Gasteiger partial charge in [0.2, 0.25) is 5.95 Å². The molecule has 2 saturated heterocycles. The molecular weight excluding hydrogens is 610 g/mol. The molecule has 1 spiro atoms. The van der Waals surface area contributed by atoms with Crippen LogP contribution in [0.4, 0.5) is 20.4 Å². The van der Waals surface area contributed by atoms with Crippen molar-refractivity contribution in [2.24, 2.45) is 5.41 Å². The summed E-state index contributed by atoms with van der Waals surface area (Å²) in [7, 11) is 2.15. The van der Waals surface area contributed by atoms with E-state index in [1.807, 2.05) is 12.1 Å². The zero-order chi connectivity index (χ0) is 33.6. The molecule has 2 aromatic heterocycles. The number of likely N-dealkylation sites (tertiary alicyclic amines) is 1. The molecule has 5 N–H and O–H groups in total. The average Bonchev–Trinajstić information content (AvgIpc) is 2.95. The van der Waals surface area contributed by atoms with Crippen LogP contribution < -0.4 is 15.8 Å². The minimum Gasteiger partial charge on any atom is -0.483 e. The van der Waals surface area contributed by atoms with Gasteiger partial charge in [-0.15, -0.1) is 0 Å². The number of alkyl halides is 2. The topological polar surface area (TPSA) is 198 Å². The van der Waals surface area contributed by atoms with Gasteiger partial charge in [0.15, 0.2) is 0 Å². The summed E-state index contributed by atoms with van der Waals surface area (Å²) >= 11 is 0. The van der Waals surface area contributed by atoms with Crippen molar-refractivity contribution in [3.63, 3.8) is 0 Å². The highest BCUT2D eigenvalue weighted by Gasteiger charge is 2.50. The van der Waals surface area contributed by atoms with Gasteiger partial charge in [-0.25, -0.2) is 13.8 Å². The first-order chi connectivity index (χ1) is 21.9. The zero-order valence-electron chi connectivity index (χ0n) is 25.3. The van der Waals surface area contributed by atoms with Crippen LogP contribution in [0.5, 0.6) is 0 Å². The Hall–Kier alpha value is -4.44. The van der Waals surface area contributed by atoms with Crippen molar-refractivity contribution in [3.8, 4) is 0 Å². The van der Waals surface area contributed by atoms with Crippen LogP contribution in [0.15, 0.2) is 29.2 Å². The number of anilines is 2. The summed E-state index contributed by atoms with van der Waals surface area (Å²) in [6, 6.07) is 5.60. The Kier molecular flexibility index (Phi) is 10.7. The van der Waals surface area contributed by atoms with E-state index < -0.39 is 5.92 Å². The number of nitrogens with zero attached hydrogens (tertiary/aromatic N) is 5. The van der Waals surface area contributed by atoms with Gasteiger partial charge in [-0.2, -0.15) is 4.98 Å². The first-order valence-electron chi connectivity index (χ1n) is 14.8. The molecule has 4 aliphatic rings. The molecule has 4 heterocycles. The fourth-order valence-corrected chi connectivity index (χ4v) is 7.03. The third-order valence-corrected chi connectivity index (χ3v) is 8.82. The van der Waals surface area contributed by atoms with Crippen molar-refractivity contribution < 1.29 is 43.6 Å². The number of rotatable bonds is 4. The molecule has 4 fully saturated rings. The summed E-state index contributed by atoms with van der Waals surface area (Å²) in [6.45, 7) is 3.50. The quantitative estimate of drug-likeness (QED) is 0.204. The summed E-state index contributed by atoms with van der Waals surface area (Å²) in [5.74, 6) is -2.37. The lowest BCUT2D eigenvalue weighted by atomic mass is 9.73. The predicted molar refractivity (Wildman–Crippen MR) is 165 cm³/mol. The van der Waals surface area contributed by atoms with Gasteiger partial charge in [0.1, 0.15) is 5.65 Å². The number of hydrogen-bond donors (Lipinski definition) is 5. The van der Waals surface area contributed by atoms with Crippen LogP contribution in [0.25, 0.3) is 21.8 Å². The second-order valence-corrected chi connectivity index (χ2v) is 12.2. The van der Waals surface area contributed by atoms with Gasteiger partial charge in [-0.1, -0.05) is 6.07 Å². The molecule has 7 rings (SSSR count). The third-order valence-electron chi connectivity index (χ3n) is 8.82. The molecule has 1 aromatic carbocycles. The monoisotopic (exact) mass is 648 g/mol. The van der Waals surface area contributed by atoms with Crippen LogP contribution in [0.1, 0.15) is 44.6 Å². The number of aromatic nitrogens is 3. The van der Waals surface area contributed by atoms with Crippen LogP contribution in [0.2, 0.25) is 0 Å². The van der Waals surface area contributed by atoms with Crippen molar-refractivity contribution >= 4 is 52.9 Å². The molecule has 2 saturated carbocycles. The minimum absolute atomic E-state index is 0.0833. The molecule has 14 nitrogen and oxygen atoms in total. The Morgan fingerprint density at radius 2 is 1.50 bits per heavy atom. The Bertz CT molecular complexity index is 1580. The van der Waals surface area contributed by atoms with Crippen molar-refractivity contribution in [1.29, 1.82) is 0 Å². The van der Waals surface area contributed by atoms with E-state index in [1.165, 1.54) is 0 Å². The molecule has 3 aromatic rings. The summed E-state index contributed by atoms with van der Waals surface area (Å²) < 4.78 is 28.5. The first-order valence-corrected chi connectivity index (χ1v) is 14.8. The van der Waals surface area contributed by atoms with Gasteiger partial charge in [0.25, 0.3) is 30.9 Å². The van der Waals surface area contributed by atoms with Crippen LogP contribution in [0.3, 0.4) is 0 Å². The molecule has 0 atom stereocenters. The molecule has 46 heavy (non-hydrogen) atoms. The number of carbonyl (C=O) groups is 3. The Morgan fingerprint density at radius 1 is 0.913 bits per heavy atom. The number of aliphatic hydroxyl groups is 1. The first kappa shape index (κ1) is 34.4. The van der Waals surface area contributed by atoms with Gasteiger partial charge < -0.3 is 35.5 Å². The second kappa shape index (κ2) is 14.3. The molecule has 0 unspecified atom stereocenters. The highest BCUT2D eigenvalue weighted by molar-refractivity contribution is 6.05. The largest absolute Gasteiger partial charge is 0.483 e. The van der Waals surface area contributed by atoms with Crippen LogP contribution >= 0.6 is 0 Å². The number of aliphatic hydroxyl groups excluding tert-OH is 1. The SMILES string of the molecule is CN1CC2(C1)CN(c1ccc3c(c1)c(=O)n(C1CCC(O)CC1)c1nc(NC4CC(F)(F)C4)ncc31)C2.O=CO.O=CO.O=CO. The lowest BCUT2D eigenvalue weighted by Crippen LogP contribution is -2.71. The maximum Gasteiger partial charge on any atom is 0.290 e. The number of pyridine rings is 1. The Balaban J connectivity index is 0.000000482. The smallest absolute Gasteiger partial charge is 0.290 e. The summed E-state index contributed by atoms with van der Waals surface area (Å²) in [4.78, 5) is 52.9. The maximum absolute atomic E-state index is 14.0. The van der Waals surface area contributed by atoms with E-state index in [2.05, 4.69) is 33.2 Å². The Labute approximate surface area is 262 Å². The molecule has 0 bridgehead atoms. The number of benzene rings is 1. The minimum atomic E-state index is -2.64. The fourth-order valence-electron chi connectivity index (χ4n) is 7.03. The van der Waals surface area contributed by atoms with E-state index in [0.717, 1.165) is 42.6 Å². The average molecular weight is 649 g/mol.